The van der Waals surface area contributed by atoms with Gasteiger partial charge in [0.2, 0.25) is 5.91 Å². The second-order valence-corrected chi connectivity index (χ2v) is 5.43. The summed E-state index contributed by atoms with van der Waals surface area (Å²) in [5, 5.41) is 4.08. The summed E-state index contributed by atoms with van der Waals surface area (Å²) < 4.78 is 0. The molecule has 0 saturated heterocycles. The smallest absolute Gasteiger partial charge is 0.243 e. The molecule has 1 N–H and O–H groups in total. The average Bonchev–Trinajstić information content (AvgIpc) is 2.42. The van der Waals surface area contributed by atoms with Gasteiger partial charge in [-0.1, -0.05) is 43.0 Å². The lowest BCUT2D eigenvalue weighted by atomic mass is 9.89. The Bertz CT molecular complexity index is 474. The first-order valence-electron chi connectivity index (χ1n) is 7.07. The molecule has 1 fully saturated rings. The standard InChI is InChI=1S/C16H22N2O/c1-12-8-9-15(13(2)10-12)11-17-18-16(19)14-6-4-3-5-7-14/h8-11,14H,3-7H2,1-2H3,(H,18,19)/b17-11+. The minimum absolute atomic E-state index is 0.0701. The molecule has 1 saturated carbocycles. The first-order valence-corrected chi connectivity index (χ1v) is 7.07. The highest BCUT2D eigenvalue weighted by molar-refractivity contribution is 5.84. The maximum atomic E-state index is 11.9. The van der Waals surface area contributed by atoms with Crippen molar-refractivity contribution in [2.75, 3.05) is 0 Å². The molecule has 0 atom stereocenters. The Labute approximate surface area is 115 Å². The lowest BCUT2D eigenvalue weighted by Crippen LogP contribution is -2.28. The molecule has 3 heteroatoms. The van der Waals surface area contributed by atoms with Crippen LogP contribution in [0.4, 0.5) is 0 Å². The normalized spacial score (nSPS) is 16.7. The largest absolute Gasteiger partial charge is 0.273 e. The van der Waals surface area contributed by atoms with Gasteiger partial charge in [0.1, 0.15) is 0 Å². The molecular formula is C16H22N2O. The lowest BCUT2D eigenvalue weighted by molar-refractivity contribution is -0.125. The minimum atomic E-state index is 0.0701. The second-order valence-electron chi connectivity index (χ2n) is 5.43. The van der Waals surface area contributed by atoms with Crippen molar-refractivity contribution in [3.8, 4) is 0 Å². The van der Waals surface area contributed by atoms with Gasteiger partial charge in [-0.05, 0) is 37.8 Å². The number of hydrazone groups is 1. The van der Waals surface area contributed by atoms with Crippen molar-refractivity contribution in [2.45, 2.75) is 46.0 Å². The fourth-order valence-electron chi connectivity index (χ4n) is 2.59. The molecule has 1 aromatic carbocycles. The summed E-state index contributed by atoms with van der Waals surface area (Å²) in [4.78, 5) is 11.9. The molecule has 1 aliphatic rings. The zero-order valence-electron chi connectivity index (χ0n) is 11.8. The van der Waals surface area contributed by atoms with Crippen molar-refractivity contribution in [1.29, 1.82) is 0 Å². The van der Waals surface area contributed by atoms with Crippen molar-refractivity contribution >= 4 is 12.1 Å². The van der Waals surface area contributed by atoms with E-state index in [2.05, 4.69) is 36.5 Å². The molecule has 1 amide bonds. The predicted octanol–water partition coefficient (Wildman–Crippen LogP) is 3.33. The third kappa shape index (κ3) is 3.91. The third-order valence-electron chi connectivity index (χ3n) is 3.78. The summed E-state index contributed by atoms with van der Waals surface area (Å²) in [6.45, 7) is 4.12. The number of carbonyl (C=O) groups is 1. The molecule has 3 nitrogen and oxygen atoms in total. The van der Waals surface area contributed by atoms with Crippen LogP contribution in [0.2, 0.25) is 0 Å². The van der Waals surface area contributed by atoms with E-state index in [0.717, 1.165) is 18.4 Å². The summed E-state index contributed by atoms with van der Waals surface area (Å²) >= 11 is 0. The van der Waals surface area contributed by atoms with E-state index in [1.54, 1.807) is 6.21 Å². The monoisotopic (exact) mass is 258 g/mol. The molecule has 0 bridgehead atoms. The molecular weight excluding hydrogens is 236 g/mol. The Morgan fingerprint density at radius 3 is 2.68 bits per heavy atom. The topological polar surface area (TPSA) is 41.5 Å². The van der Waals surface area contributed by atoms with Crippen molar-refractivity contribution in [3.05, 3.63) is 34.9 Å². The quantitative estimate of drug-likeness (QED) is 0.655. The maximum absolute atomic E-state index is 11.9. The van der Waals surface area contributed by atoms with E-state index in [1.807, 2.05) is 6.07 Å². The molecule has 0 unspecified atom stereocenters. The SMILES string of the molecule is Cc1ccc(/C=N/NC(=O)C2CCCCC2)c(C)c1. The van der Waals surface area contributed by atoms with E-state index in [4.69, 9.17) is 0 Å². The zero-order chi connectivity index (χ0) is 13.7. The lowest BCUT2D eigenvalue weighted by Gasteiger charge is -2.19. The van der Waals surface area contributed by atoms with Gasteiger partial charge in [-0.15, -0.1) is 0 Å². The van der Waals surface area contributed by atoms with Crippen molar-refractivity contribution in [3.63, 3.8) is 0 Å². The molecule has 19 heavy (non-hydrogen) atoms. The number of carbonyl (C=O) groups excluding carboxylic acids is 1. The summed E-state index contributed by atoms with van der Waals surface area (Å²) in [6, 6.07) is 6.20. The van der Waals surface area contributed by atoms with E-state index in [1.165, 1.54) is 30.4 Å². The van der Waals surface area contributed by atoms with Crippen molar-refractivity contribution in [2.24, 2.45) is 11.0 Å². The van der Waals surface area contributed by atoms with Crippen LogP contribution in [0, 0.1) is 19.8 Å². The molecule has 102 valence electrons. The highest BCUT2D eigenvalue weighted by Gasteiger charge is 2.20. The van der Waals surface area contributed by atoms with Gasteiger partial charge in [0, 0.05) is 5.92 Å². The Morgan fingerprint density at radius 2 is 2.00 bits per heavy atom. The molecule has 0 radical (unpaired) electrons. The molecule has 1 aromatic rings. The van der Waals surface area contributed by atoms with Crippen LogP contribution in [0.25, 0.3) is 0 Å². The van der Waals surface area contributed by atoms with Crippen molar-refractivity contribution < 1.29 is 4.79 Å². The number of nitrogens with zero attached hydrogens (tertiary/aromatic N) is 1. The van der Waals surface area contributed by atoms with E-state index in [0.29, 0.717) is 0 Å². The van der Waals surface area contributed by atoms with Gasteiger partial charge in [0.25, 0.3) is 0 Å². The van der Waals surface area contributed by atoms with Crippen LogP contribution < -0.4 is 5.43 Å². The van der Waals surface area contributed by atoms with Crippen molar-refractivity contribution in [1.82, 2.24) is 5.43 Å². The Hall–Kier alpha value is -1.64. The van der Waals surface area contributed by atoms with Gasteiger partial charge in [0.15, 0.2) is 0 Å². The van der Waals surface area contributed by atoms with Crippen LogP contribution >= 0.6 is 0 Å². The fourth-order valence-corrected chi connectivity index (χ4v) is 2.59. The van der Waals surface area contributed by atoms with Gasteiger partial charge >= 0.3 is 0 Å². The number of nitrogens with one attached hydrogen (secondary N) is 1. The Morgan fingerprint density at radius 1 is 1.26 bits per heavy atom. The number of hydrogen-bond acceptors (Lipinski definition) is 2. The molecule has 2 rings (SSSR count). The number of aryl methyl sites for hydroxylation is 2. The first-order chi connectivity index (χ1) is 9.16. The van der Waals surface area contributed by atoms with E-state index in [9.17, 15) is 4.79 Å². The van der Waals surface area contributed by atoms with E-state index in [-0.39, 0.29) is 11.8 Å². The Balaban J connectivity index is 1.90. The number of amides is 1. The molecule has 0 heterocycles. The van der Waals surface area contributed by atoms with E-state index < -0.39 is 0 Å². The molecule has 1 aliphatic carbocycles. The maximum Gasteiger partial charge on any atom is 0.243 e. The van der Waals surface area contributed by atoms with Crippen LogP contribution in [-0.4, -0.2) is 12.1 Å². The first kappa shape index (κ1) is 13.8. The third-order valence-corrected chi connectivity index (χ3v) is 3.78. The van der Waals surface area contributed by atoms with Crippen LogP contribution in [0.1, 0.15) is 48.8 Å². The number of hydrogen-bond donors (Lipinski definition) is 1. The summed E-state index contributed by atoms with van der Waals surface area (Å²) in [6.07, 6.45) is 7.33. The minimum Gasteiger partial charge on any atom is -0.273 e. The molecule has 0 spiro atoms. The van der Waals surface area contributed by atoms with Gasteiger partial charge in [-0.3, -0.25) is 4.79 Å². The fraction of sp³-hybridized carbons (Fsp3) is 0.500. The van der Waals surface area contributed by atoms with Crippen LogP contribution in [0.15, 0.2) is 23.3 Å². The van der Waals surface area contributed by atoms with Gasteiger partial charge in [-0.25, -0.2) is 5.43 Å². The van der Waals surface area contributed by atoms with Crippen LogP contribution in [-0.2, 0) is 4.79 Å². The molecule has 0 aliphatic heterocycles. The van der Waals surface area contributed by atoms with Gasteiger partial charge in [-0.2, -0.15) is 5.10 Å². The number of rotatable bonds is 3. The van der Waals surface area contributed by atoms with Crippen LogP contribution in [0.3, 0.4) is 0 Å². The Kier molecular flexibility index (Phi) is 4.72. The highest BCUT2D eigenvalue weighted by Crippen LogP contribution is 2.23. The average molecular weight is 258 g/mol. The molecule has 0 aromatic heterocycles. The predicted molar refractivity (Wildman–Crippen MR) is 78.2 cm³/mol. The summed E-state index contributed by atoms with van der Waals surface area (Å²) in [7, 11) is 0. The highest BCUT2D eigenvalue weighted by atomic mass is 16.2. The van der Waals surface area contributed by atoms with Gasteiger partial charge in [0.05, 0.1) is 6.21 Å². The summed E-state index contributed by atoms with van der Waals surface area (Å²) in [5.74, 6) is 0.228. The van der Waals surface area contributed by atoms with Crippen LogP contribution in [0.5, 0.6) is 0 Å². The summed E-state index contributed by atoms with van der Waals surface area (Å²) in [5.41, 5.74) is 6.14. The van der Waals surface area contributed by atoms with E-state index >= 15 is 0 Å². The number of benzene rings is 1. The van der Waals surface area contributed by atoms with Gasteiger partial charge < -0.3 is 0 Å². The zero-order valence-corrected chi connectivity index (χ0v) is 11.8. The second kappa shape index (κ2) is 6.50.